The van der Waals surface area contributed by atoms with E-state index in [0.29, 0.717) is 6.42 Å². The first-order chi connectivity index (χ1) is 21.5. The predicted molar refractivity (Wildman–Crippen MR) is 190 cm³/mol. The molecule has 44 heavy (non-hydrogen) atoms. The van der Waals surface area contributed by atoms with Gasteiger partial charge in [-0.3, -0.25) is 4.79 Å². The maximum absolute atomic E-state index is 12.3. The molecule has 1 amide bonds. The largest absolute Gasteiger partial charge is 0.394 e. The van der Waals surface area contributed by atoms with Crippen molar-refractivity contribution in [2.45, 2.75) is 186 Å². The third kappa shape index (κ3) is 30.3. The van der Waals surface area contributed by atoms with Gasteiger partial charge >= 0.3 is 0 Å². The maximum Gasteiger partial charge on any atom is 0.222 e. The van der Waals surface area contributed by atoms with Crippen LogP contribution < -0.4 is 5.32 Å². The molecule has 0 bridgehead atoms. The van der Waals surface area contributed by atoms with Crippen molar-refractivity contribution >= 4 is 5.91 Å². The lowest BCUT2D eigenvalue weighted by Crippen LogP contribution is -2.45. The number of rotatable bonds is 32. The Balaban J connectivity index is 3.74. The number of nitrogens with one attached hydrogen (secondary N) is 1. The summed E-state index contributed by atoms with van der Waals surface area (Å²) in [5.74, 6) is -0.339. The Morgan fingerprint density at radius 3 is 1.57 bits per heavy atom. The average molecular weight is 618 g/mol. The molecule has 0 aromatic heterocycles. The van der Waals surface area contributed by atoms with Gasteiger partial charge in [-0.1, -0.05) is 146 Å². The van der Waals surface area contributed by atoms with Gasteiger partial charge in [0.1, 0.15) is 0 Å². The van der Waals surface area contributed by atoms with E-state index in [9.17, 15) is 20.1 Å². The topological polar surface area (TPSA) is 89.8 Å². The van der Waals surface area contributed by atoms with Crippen molar-refractivity contribution in [2.24, 2.45) is 0 Å². The minimum absolute atomic E-state index is 0.00494. The number of carbonyl (C=O) groups excluding carboxylic acids is 1. The number of carbonyl (C=O) groups is 1. The third-order valence-electron chi connectivity index (χ3n) is 8.08. The molecular weight excluding hydrogens is 546 g/mol. The second kappa shape index (κ2) is 34.2. The van der Waals surface area contributed by atoms with Crippen molar-refractivity contribution in [2.75, 3.05) is 6.61 Å². The number of hydrogen-bond acceptors (Lipinski definition) is 4. The molecule has 5 nitrogen and oxygen atoms in total. The fourth-order valence-electron chi connectivity index (χ4n) is 5.25. The van der Waals surface area contributed by atoms with E-state index >= 15 is 0 Å². The van der Waals surface area contributed by atoms with Crippen LogP contribution in [0.5, 0.6) is 0 Å². The summed E-state index contributed by atoms with van der Waals surface area (Å²) in [4.78, 5) is 12.3. The van der Waals surface area contributed by atoms with Crippen LogP contribution in [0.25, 0.3) is 0 Å². The summed E-state index contributed by atoms with van der Waals surface area (Å²) in [6.45, 7) is 4.05. The molecule has 5 heteroatoms. The molecule has 0 aliphatic heterocycles. The highest BCUT2D eigenvalue weighted by Crippen LogP contribution is 2.13. The summed E-state index contributed by atoms with van der Waals surface area (Å²) in [5.41, 5.74) is 0. The number of hydrogen-bond donors (Lipinski definition) is 4. The molecular formula is C39H71NO4. The molecule has 0 fully saturated rings. The van der Waals surface area contributed by atoms with Crippen molar-refractivity contribution in [1.82, 2.24) is 5.32 Å². The van der Waals surface area contributed by atoms with E-state index < -0.39 is 18.2 Å². The minimum Gasteiger partial charge on any atom is -0.394 e. The summed E-state index contributed by atoms with van der Waals surface area (Å²) in [6.07, 6.45) is 42.5. The van der Waals surface area contributed by atoms with Gasteiger partial charge in [0, 0.05) is 0 Å². The molecule has 0 heterocycles. The van der Waals surface area contributed by atoms with Crippen molar-refractivity contribution < 1.29 is 20.1 Å². The van der Waals surface area contributed by atoms with Crippen LogP contribution >= 0.6 is 0 Å². The number of aliphatic hydroxyl groups is 3. The summed E-state index contributed by atoms with van der Waals surface area (Å²) < 4.78 is 0. The first-order valence-electron chi connectivity index (χ1n) is 18.4. The normalized spacial score (nSPS) is 14.4. The lowest BCUT2D eigenvalue weighted by atomic mass is 10.0. The van der Waals surface area contributed by atoms with Gasteiger partial charge in [0.2, 0.25) is 5.91 Å². The summed E-state index contributed by atoms with van der Waals surface area (Å²) in [5, 5.41) is 32.9. The zero-order valence-corrected chi connectivity index (χ0v) is 28.8. The molecule has 0 aliphatic rings. The Labute approximate surface area is 272 Å². The molecule has 0 saturated heterocycles. The third-order valence-corrected chi connectivity index (χ3v) is 8.08. The molecule has 4 N–H and O–H groups in total. The first-order valence-corrected chi connectivity index (χ1v) is 18.4. The first kappa shape index (κ1) is 42.3. The highest BCUT2D eigenvalue weighted by Gasteiger charge is 2.20. The van der Waals surface area contributed by atoms with E-state index in [1.807, 2.05) is 6.08 Å². The summed E-state index contributed by atoms with van der Waals surface area (Å²) >= 11 is 0. The van der Waals surface area contributed by atoms with Crippen LogP contribution in [-0.4, -0.2) is 46.1 Å². The van der Waals surface area contributed by atoms with Gasteiger partial charge in [-0.25, -0.2) is 0 Å². The van der Waals surface area contributed by atoms with Gasteiger partial charge < -0.3 is 20.6 Å². The molecule has 0 rings (SSSR count). The van der Waals surface area contributed by atoms with Crippen LogP contribution in [0.1, 0.15) is 168 Å². The lowest BCUT2D eigenvalue weighted by Gasteiger charge is -2.20. The van der Waals surface area contributed by atoms with E-state index in [2.05, 4.69) is 55.6 Å². The fraction of sp³-hybridized carbons (Fsp3) is 0.769. The van der Waals surface area contributed by atoms with Crippen molar-refractivity contribution in [3.63, 3.8) is 0 Å². The molecule has 0 aliphatic carbocycles. The zero-order valence-electron chi connectivity index (χ0n) is 28.8. The van der Waals surface area contributed by atoms with E-state index in [0.717, 1.165) is 57.8 Å². The van der Waals surface area contributed by atoms with E-state index in [1.54, 1.807) is 6.08 Å². The second-order valence-corrected chi connectivity index (χ2v) is 12.4. The van der Waals surface area contributed by atoms with Crippen molar-refractivity contribution in [3.05, 3.63) is 48.6 Å². The summed E-state index contributed by atoms with van der Waals surface area (Å²) in [7, 11) is 0. The number of allylic oxidation sites excluding steroid dienone is 7. The lowest BCUT2D eigenvalue weighted by molar-refractivity contribution is -0.124. The van der Waals surface area contributed by atoms with Crippen molar-refractivity contribution in [1.29, 1.82) is 0 Å². The fourth-order valence-corrected chi connectivity index (χ4v) is 5.25. The molecule has 0 aromatic rings. The van der Waals surface area contributed by atoms with Crippen molar-refractivity contribution in [3.8, 4) is 0 Å². The minimum atomic E-state index is -0.959. The SMILES string of the molecule is CC/C=C/CC/C=C/CC/C=C/C(O)C(CO)NC(=O)CC(O)CCCCCCC/C=C\CCCCCCCCCCCC. The van der Waals surface area contributed by atoms with E-state index in [1.165, 1.54) is 83.5 Å². The zero-order chi connectivity index (χ0) is 32.4. The molecule has 256 valence electrons. The number of aliphatic hydroxyl groups excluding tert-OH is 3. The molecule has 0 aromatic carbocycles. The maximum atomic E-state index is 12.3. The molecule has 0 saturated carbocycles. The highest BCUT2D eigenvalue weighted by molar-refractivity contribution is 5.76. The molecule has 0 radical (unpaired) electrons. The molecule has 3 unspecified atom stereocenters. The van der Waals surface area contributed by atoms with E-state index in [4.69, 9.17) is 0 Å². The van der Waals surface area contributed by atoms with Crippen LogP contribution in [-0.2, 0) is 4.79 Å². The van der Waals surface area contributed by atoms with Crippen LogP contribution in [0.3, 0.4) is 0 Å². The number of amides is 1. The Bertz CT molecular complexity index is 730. The molecule has 3 atom stereocenters. The second-order valence-electron chi connectivity index (χ2n) is 12.4. The van der Waals surface area contributed by atoms with Crippen LogP contribution in [0.15, 0.2) is 48.6 Å². The highest BCUT2D eigenvalue weighted by atomic mass is 16.3. The quantitative estimate of drug-likeness (QED) is 0.0447. The van der Waals surface area contributed by atoms with Crippen LogP contribution in [0.4, 0.5) is 0 Å². The van der Waals surface area contributed by atoms with Gasteiger partial charge in [0.05, 0.1) is 31.3 Å². The van der Waals surface area contributed by atoms with Gasteiger partial charge in [-0.2, -0.15) is 0 Å². The Hall–Kier alpha value is -1.69. The number of unbranched alkanes of at least 4 members (excludes halogenated alkanes) is 17. The monoisotopic (exact) mass is 618 g/mol. The van der Waals surface area contributed by atoms with Gasteiger partial charge in [0.15, 0.2) is 0 Å². The molecule has 0 spiro atoms. The van der Waals surface area contributed by atoms with Gasteiger partial charge in [-0.05, 0) is 64.2 Å². The van der Waals surface area contributed by atoms with Crippen LogP contribution in [0, 0.1) is 0 Å². The smallest absolute Gasteiger partial charge is 0.222 e. The van der Waals surface area contributed by atoms with E-state index in [-0.39, 0.29) is 18.9 Å². The van der Waals surface area contributed by atoms with Gasteiger partial charge in [-0.15, -0.1) is 0 Å². The Morgan fingerprint density at radius 2 is 1.05 bits per heavy atom. The average Bonchev–Trinajstić information content (AvgIpc) is 3.01. The standard InChI is InChI=1S/C39H71NO4/c1-3-5-7-9-11-13-15-16-17-18-19-20-21-22-23-24-26-28-30-32-36(42)34-39(44)40-37(35-41)38(43)33-31-29-27-25-14-12-10-8-6-4-2/h6,8,14,20-21,25,31,33,36-38,41-43H,3-5,7,9-13,15-19,22-24,26-30,32,34-35H2,1-2H3,(H,40,44)/b8-6+,21-20-,25-14+,33-31+. The Kier molecular flexibility index (Phi) is 32.9. The van der Waals surface area contributed by atoms with Gasteiger partial charge in [0.25, 0.3) is 0 Å². The van der Waals surface area contributed by atoms with Crippen LogP contribution in [0.2, 0.25) is 0 Å². The summed E-state index contributed by atoms with van der Waals surface area (Å²) in [6, 6.07) is -0.768. The Morgan fingerprint density at radius 1 is 0.591 bits per heavy atom. The predicted octanol–water partition coefficient (Wildman–Crippen LogP) is 9.81.